The van der Waals surface area contributed by atoms with Gasteiger partial charge >= 0.3 is 0 Å². The summed E-state index contributed by atoms with van der Waals surface area (Å²) in [6.45, 7) is 6.01. The monoisotopic (exact) mass is 1020 g/mol. The molecule has 12 rings (SSSR count). The van der Waals surface area contributed by atoms with Gasteiger partial charge in [0.1, 0.15) is 42.1 Å². The summed E-state index contributed by atoms with van der Waals surface area (Å²) in [7, 11) is 1.98. The number of halogens is 2. The van der Waals surface area contributed by atoms with Crippen molar-refractivity contribution in [2.24, 2.45) is 18.9 Å². The maximum absolute atomic E-state index is 15.9. The Bertz CT molecular complexity index is 3260. The van der Waals surface area contributed by atoms with Gasteiger partial charge < -0.3 is 9.88 Å². The highest BCUT2D eigenvalue weighted by atomic mass is 19.1. The Morgan fingerprint density at radius 1 is 0.893 bits per heavy atom. The van der Waals surface area contributed by atoms with Gasteiger partial charge in [-0.3, -0.25) is 43.7 Å². The maximum Gasteiger partial charge on any atom is 0.260 e. The summed E-state index contributed by atoms with van der Waals surface area (Å²) in [4.78, 5) is 74.4. The Labute approximate surface area is 436 Å². The molecule has 1 spiro atoms. The molecule has 2 saturated carbocycles. The van der Waals surface area contributed by atoms with Gasteiger partial charge in [0.25, 0.3) is 5.56 Å². The first-order valence-electron chi connectivity index (χ1n) is 27.6. The molecule has 0 radical (unpaired) electrons. The molecule has 2 aromatic carbocycles. The van der Waals surface area contributed by atoms with Crippen molar-refractivity contribution in [3.05, 3.63) is 128 Å². The third-order valence-electron chi connectivity index (χ3n) is 18.3. The highest BCUT2D eigenvalue weighted by Gasteiger charge is 2.57. The maximum atomic E-state index is 15.9. The second kappa shape index (κ2) is 19.8. The number of carbonyl (C=O) groups excluding carboxylic acids is 4. The van der Waals surface area contributed by atoms with Crippen LogP contribution in [-0.4, -0.2) is 91.6 Å². The number of aryl methyl sites for hydroxylation is 1. The number of allylic oxidation sites excluding steroid dienone is 2. The van der Waals surface area contributed by atoms with Crippen LogP contribution in [0.2, 0.25) is 0 Å². The first-order valence-corrected chi connectivity index (χ1v) is 27.6. The van der Waals surface area contributed by atoms with Crippen LogP contribution in [0, 0.1) is 23.5 Å². The highest BCUT2D eigenvalue weighted by molar-refractivity contribution is 6.14. The molecule has 75 heavy (non-hydrogen) atoms. The van der Waals surface area contributed by atoms with E-state index in [4.69, 9.17) is 0 Å². The molecule has 3 amide bonds. The first-order chi connectivity index (χ1) is 36.3. The van der Waals surface area contributed by atoms with Crippen LogP contribution in [0.4, 0.5) is 20.2 Å². The van der Waals surface area contributed by atoms with E-state index in [1.54, 1.807) is 21.7 Å². The fourth-order valence-electron chi connectivity index (χ4n) is 14.0. The van der Waals surface area contributed by atoms with Crippen LogP contribution in [0.1, 0.15) is 141 Å². The second-order valence-corrected chi connectivity index (χ2v) is 22.8. The fourth-order valence-corrected chi connectivity index (χ4v) is 14.0. The van der Waals surface area contributed by atoms with Crippen molar-refractivity contribution in [2.45, 2.75) is 140 Å². The Kier molecular flexibility index (Phi) is 13.0. The number of piperidine rings is 2. The van der Waals surface area contributed by atoms with Gasteiger partial charge in [0, 0.05) is 96.9 Å². The number of pyridine rings is 2. The number of amides is 3. The smallest absolute Gasteiger partial charge is 0.260 e. The number of imide groups is 1. The predicted octanol–water partition coefficient (Wildman–Crippen LogP) is 8.74. The van der Waals surface area contributed by atoms with Crippen molar-refractivity contribution < 1.29 is 32.5 Å². The number of fused-ring (bicyclic) bond motifs is 4. The summed E-state index contributed by atoms with van der Waals surface area (Å²) in [6, 6.07) is 14.5. The van der Waals surface area contributed by atoms with Gasteiger partial charge in [-0.1, -0.05) is 24.1 Å². The lowest BCUT2D eigenvalue weighted by Crippen LogP contribution is -2.56. The van der Waals surface area contributed by atoms with Crippen LogP contribution < -0.4 is 21.1 Å². The van der Waals surface area contributed by atoms with Gasteiger partial charge in [-0.25, -0.2) is 18.3 Å². The molecular formula is C60H67F2N8O5+. The lowest BCUT2D eigenvalue weighted by Gasteiger charge is -2.38. The zero-order valence-corrected chi connectivity index (χ0v) is 43.1. The molecule has 2 unspecified atom stereocenters. The van der Waals surface area contributed by atoms with Gasteiger partial charge in [0.15, 0.2) is 5.78 Å². The minimum atomic E-state index is -0.656. The van der Waals surface area contributed by atoms with Crippen molar-refractivity contribution >= 4 is 52.1 Å². The quantitative estimate of drug-likeness (QED) is 0.0613. The summed E-state index contributed by atoms with van der Waals surface area (Å²) in [5.41, 5.74) is 8.00. The van der Waals surface area contributed by atoms with Crippen LogP contribution in [0.15, 0.2) is 77.4 Å². The molecule has 5 aliphatic heterocycles. The minimum Gasteiger partial charge on any atom is -0.384 e. The van der Waals surface area contributed by atoms with Crippen LogP contribution in [-0.2, 0) is 46.2 Å². The molecule has 2 aliphatic carbocycles. The van der Waals surface area contributed by atoms with E-state index in [9.17, 15) is 24.0 Å². The molecular weight excluding hydrogens is 951 g/mol. The number of ketones is 1. The number of nitrogens with one attached hydrogen (secondary N) is 2. The van der Waals surface area contributed by atoms with E-state index in [-0.39, 0.29) is 52.5 Å². The van der Waals surface area contributed by atoms with Crippen molar-refractivity contribution in [1.82, 2.24) is 24.3 Å². The molecule has 15 heteroatoms. The van der Waals surface area contributed by atoms with E-state index in [2.05, 4.69) is 61.0 Å². The Hall–Kier alpha value is -6.61. The standard InChI is InChI=1S/C60H66F2N8O5/c1-36-27-39(28-40-10-11-51-46(29-40)60(19-4-20-60)59(75)70(51)52-12-13-54(72)65-57(52)73)5-3-23-68(36)34-38-8-6-37(7-9-38)30-53(71)42-31-47(61)55(48(62)32-42)41-16-24-67(25-17-41)35-43-33-45-50(15-22-64-56(45)66(43)2)69-26-18-49-44(58(69)74)14-21-63-49/h10-11,15,18,22,26,29-34,36,38-39,41,52H,3-9,12-14,16-17,19-21,23-25,27-28,35H2,1-2H3,(H-,63,65,72,73,74)/p+1/t36-,38?,39?,52?/m0/s1. The molecule has 3 saturated heterocycles. The molecule has 13 nitrogen and oxygen atoms in total. The van der Waals surface area contributed by atoms with Crippen LogP contribution >= 0.6 is 0 Å². The number of rotatable bonds is 10. The Balaban J connectivity index is 0.636. The molecule has 5 fully saturated rings. The van der Waals surface area contributed by atoms with Gasteiger partial charge in [-0.15, -0.1) is 0 Å². The van der Waals surface area contributed by atoms with E-state index in [1.807, 2.05) is 31.4 Å². The molecule has 2 N–H and O–H groups in total. The van der Waals surface area contributed by atoms with E-state index in [0.717, 1.165) is 134 Å². The number of aromatic nitrogens is 3. The van der Waals surface area contributed by atoms with Crippen molar-refractivity contribution in [1.29, 1.82) is 0 Å². The summed E-state index contributed by atoms with van der Waals surface area (Å²) in [5, 5.41) is 6.62. The van der Waals surface area contributed by atoms with Crippen molar-refractivity contribution in [3.8, 4) is 5.69 Å². The molecule has 0 bridgehead atoms. The molecule has 8 heterocycles. The summed E-state index contributed by atoms with van der Waals surface area (Å²) in [6.07, 6.45) is 20.2. The topological polar surface area (TPSA) is 142 Å². The molecule has 390 valence electrons. The second-order valence-electron chi connectivity index (χ2n) is 22.8. The fraction of sp³-hybridized carbons (Fsp3) is 0.483. The zero-order chi connectivity index (χ0) is 51.7. The van der Waals surface area contributed by atoms with Gasteiger partial charge in [-0.2, -0.15) is 0 Å². The normalized spacial score (nSPS) is 24.5. The Morgan fingerprint density at radius 2 is 1.68 bits per heavy atom. The lowest BCUT2D eigenvalue weighted by molar-refractivity contribution is -0.559. The summed E-state index contributed by atoms with van der Waals surface area (Å²) in [5.74, 6) is -1.73. The third kappa shape index (κ3) is 9.05. The third-order valence-corrected chi connectivity index (χ3v) is 18.3. The predicted molar refractivity (Wildman–Crippen MR) is 284 cm³/mol. The van der Waals surface area contributed by atoms with Crippen molar-refractivity contribution in [2.75, 3.05) is 36.4 Å². The van der Waals surface area contributed by atoms with Crippen LogP contribution in [0.25, 0.3) is 16.7 Å². The van der Waals surface area contributed by atoms with Gasteiger partial charge in [0.2, 0.25) is 17.7 Å². The summed E-state index contributed by atoms with van der Waals surface area (Å²) >= 11 is 0. The number of hydrogen-bond acceptors (Lipinski definition) is 8. The molecule has 3 atom stereocenters. The average molecular weight is 1020 g/mol. The number of benzene rings is 2. The zero-order valence-electron chi connectivity index (χ0n) is 43.1. The van der Waals surface area contributed by atoms with E-state index in [0.29, 0.717) is 63.2 Å². The largest absolute Gasteiger partial charge is 0.384 e. The molecule has 3 aromatic heterocycles. The number of anilines is 2. The van der Waals surface area contributed by atoms with E-state index < -0.39 is 23.1 Å². The number of nitrogens with zero attached hydrogens (tertiary/aromatic N) is 6. The number of likely N-dealkylation sites (tertiary alicyclic amines) is 1. The number of carbonyl (C=O) groups is 4. The van der Waals surface area contributed by atoms with E-state index >= 15 is 8.78 Å². The molecule has 5 aromatic rings. The average Bonchev–Trinajstić information content (AvgIpc) is 4.06. The van der Waals surface area contributed by atoms with Crippen LogP contribution in [0.3, 0.4) is 0 Å². The van der Waals surface area contributed by atoms with Gasteiger partial charge in [0.05, 0.1) is 11.1 Å². The summed E-state index contributed by atoms with van der Waals surface area (Å²) < 4.78 is 38.1. The SMILES string of the molecule is C[C@H]1CC(Cc2ccc3c(c2)C2(CCC2)C(=O)N3C2CCC(=O)NC2=O)CCC[N+]1=CC1CCC(=CC(=O)c2cc(F)c(C3CCN(Cc4cc5c(-n6ccc7c(c6=O)CCN7)ccnc5n4C)CC3)c(F)c2)CC1. The minimum absolute atomic E-state index is 0.00986. The number of hydrogen-bond donors (Lipinski definition) is 2. The van der Waals surface area contributed by atoms with Gasteiger partial charge in [-0.05, 0) is 163 Å². The lowest BCUT2D eigenvalue weighted by atomic mass is 9.65. The van der Waals surface area contributed by atoms with Crippen molar-refractivity contribution in [3.63, 3.8) is 0 Å². The highest BCUT2D eigenvalue weighted by Crippen LogP contribution is 2.55. The Morgan fingerprint density at radius 3 is 2.43 bits per heavy atom. The van der Waals surface area contributed by atoms with E-state index in [1.165, 1.54) is 17.7 Å². The first kappa shape index (κ1) is 49.3. The molecule has 7 aliphatic rings. The van der Waals surface area contributed by atoms with Crippen LogP contribution in [0.5, 0.6) is 0 Å².